The average molecular weight is 605 g/mol. The van der Waals surface area contributed by atoms with Crippen LogP contribution in [0.2, 0.25) is 10.0 Å². The quantitative estimate of drug-likeness (QED) is 0.130. The predicted octanol–water partition coefficient (Wildman–Crippen LogP) is 7.20. The number of amides is 2. The lowest BCUT2D eigenvalue weighted by atomic mass is 10.0. The molecule has 0 atom stereocenters. The number of benzene rings is 4. The molecule has 5 rings (SSSR count). The van der Waals surface area contributed by atoms with Crippen molar-refractivity contribution in [2.24, 2.45) is 0 Å². The molecule has 1 heterocycles. The van der Waals surface area contributed by atoms with E-state index >= 15 is 0 Å². The summed E-state index contributed by atoms with van der Waals surface area (Å²) < 4.78 is 17.2. The highest BCUT2D eigenvalue weighted by Gasteiger charge is 2.34. The lowest BCUT2D eigenvalue weighted by molar-refractivity contribution is -0.122. The Morgan fingerprint density at radius 2 is 1.61 bits per heavy atom. The molecule has 0 unspecified atom stereocenters. The minimum Gasteiger partial charge on any atom is -0.496 e. The highest BCUT2D eigenvalue weighted by atomic mass is 35.5. The van der Waals surface area contributed by atoms with Crippen LogP contribution in [0.4, 0.5) is 5.69 Å². The Hall–Kier alpha value is -4.37. The van der Waals surface area contributed by atoms with Gasteiger partial charge in [0.2, 0.25) is 0 Å². The number of nitrogens with one attached hydrogen (secondary N) is 1. The van der Waals surface area contributed by atoms with E-state index < -0.39 is 11.8 Å². The Balaban J connectivity index is 1.38. The van der Waals surface area contributed by atoms with Gasteiger partial charge < -0.3 is 14.2 Å². The molecule has 41 heavy (non-hydrogen) atoms. The van der Waals surface area contributed by atoms with E-state index in [9.17, 15) is 9.59 Å². The number of rotatable bonds is 8. The predicted molar refractivity (Wildman–Crippen MR) is 163 cm³/mol. The molecule has 0 saturated carbocycles. The van der Waals surface area contributed by atoms with Crippen molar-refractivity contribution in [3.63, 3.8) is 0 Å². The number of carbonyl (C=O) groups is 2. The van der Waals surface area contributed by atoms with Crippen LogP contribution in [-0.4, -0.2) is 24.0 Å². The van der Waals surface area contributed by atoms with E-state index in [4.69, 9.17) is 49.6 Å². The monoisotopic (exact) mass is 604 g/mol. The van der Waals surface area contributed by atoms with Gasteiger partial charge in [0.25, 0.3) is 11.8 Å². The molecular formula is C31H22Cl2N2O5S. The minimum atomic E-state index is -0.598. The Morgan fingerprint density at radius 1 is 0.878 bits per heavy atom. The summed E-state index contributed by atoms with van der Waals surface area (Å²) in [6, 6.07) is 26.5. The van der Waals surface area contributed by atoms with E-state index in [2.05, 4.69) is 5.32 Å². The number of anilines is 1. The number of nitrogens with zero attached hydrogens (tertiary/aromatic N) is 1. The maximum absolute atomic E-state index is 13.5. The van der Waals surface area contributed by atoms with E-state index in [1.807, 2.05) is 30.3 Å². The lowest BCUT2D eigenvalue weighted by Gasteiger charge is -2.29. The van der Waals surface area contributed by atoms with E-state index in [0.717, 1.165) is 0 Å². The van der Waals surface area contributed by atoms with Crippen molar-refractivity contribution < 1.29 is 23.8 Å². The first-order valence-corrected chi connectivity index (χ1v) is 13.5. The summed E-state index contributed by atoms with van der Waals surface area (Å²) >= 11 is 17.7. The van der Waals surface area contributed by atoms with Crippen LogP contribution in [0.25, 0.3) is 6.08 Å². The van der Waals surface area contributed by atoms with E-state index in [1.165, 1.54) is 18.1 Å². The molecule has 4 aromatic carbocycles. The van der Waals surface area contributed by atoms with E-state index in [0.29, 0.717) is 49.9 Å². The van der Waals surface area contributed by atoms with Gasteiger partial charge in [-0.15, -0.1) is 0 Å². The minimum absolute atomic E-state index is 0.0175. The Labute approximate surface area is 251 Å². The topological polar surface area (TPSA) is 77.1 Å². The molecule has 0 spiro atoms. The van der Waals surface area contributed by atoms with Crippen LogP contribution in [0.3, 0.4) is 0 Å². The zero-order valence-electron chi connectivity index (χ0n) is 21.6. The van der Waals surface area contributed by atoms with Crippen LogP contribution in [0, 0.1) is 0 Å². The summed E-state index contributed by atoms with van der Waals surface area (Å²) in [6.45, 7) is 0.105. The van der Waals surface area contributed by atoms with Crippen molar-refractivity contribution in [3.8, 4) is 23.0 Å². The Morgan fingerprint density at radius 3 is 2.34 bits per heavy atom. The second-order valence-electron chi connectivity index (χ2n) is 8.78. The zero-order chi connectivity index (χ0) is 28.9. The van der Waals surface area contributed by atoms with Gasteiger partial charge in [0.05, 0.1) is 17.8 Å². The van der Waals surface area contributed by atoms with Gasteiger partial charge in [-0.2, -0.15) is 0 Å². The molecule has 0 radical (unpaired) electrons. The molecule has 7 nitrogen and oxygen atoms in total. The number of halogens is 2. The average Bonchev–Trinajstić information content (AvgIpc) is 2.97. The van der Waals surface area contributed by atoms with Crippen molar-refractivity contribution in [2.45, 2.75) is 6.61 Å². The summed E-state index contributed by atoms with van der Waals surface area (Å²) in [4.78, 5) is 27.6. The van der Waals surface area contributed by atoms with Crippen LogP contribution in [0.1, 0.15) is 11.1 Å². The fourth-order valence-corrected chi connectivity index (χ4v) is 4.73. The maximum Gasteiger partial charge on any atom is 0.270 e. The largest absolute Gasteiger partial charge is 0.496 e. The van der Waals surface area contributed by atoms with Gasteiger partial charge in [0.1, 0.15) is 40.2 Å². The molecule has 1 fully saturated rings. The normalized spacial score (nSPS) is 14.2. The smallest absolute Gasteiger partial charge is 0.270 e. The van der Waals surface area contributed by atoms with Gasteiger partial charge in [-0.25, -0.2) is 0 Å². The molecule has 0 bridgehead atoms. The molecule has 1 aliphatic heterocycles. The van der Waals surface area contributed by atoms with Crippen molar-refractivity contribution >= 4 is 64.1 Å². The van der Waals surface area contributed by atoms with Gasteiger partial charge >= 0.3 is 0 Å². The number of hydrogen-bond donors (Lipinski definition) is 1. The first-order chi connectivity index (χ1) is 19.8. The van der Waals surface area contributed by atoms with Crippen LogP contribution < -0.4 is 24.4 Å². The fraction of sp³-hybridized carbons (Fsp3) is 0.0645. The zero-order valence-corrected chi connectivity index (χ0v) is 23.9. The maximum atomic E-state index is 13.5. The fourth-order valence-electron chi connectivity index (χ4n) is 4.10. The molecule has 2 amide bonds. The molecule has 1 N–H and O–H groups in total. The number of ether oxygens (including phenoxy) is 3. The number of thiocarbonyl (C=S) groups is 1. The van der Waals surface area contributed by atoms with E-state index in [-0.39, 0.29) is 17.3 Å². The first kappa shape index (κ1) is 28.2. The molecule has 0 aliphatic carbocycles. The molecule has 206 valence electrons. The summed E-state index contributed by atoms with van der Waals surface area (Å²) in [5.41, 5.74) is 1.65. The summed E-state index contributed by atoms with van der Waals surface area (Å²) in [6.07, 6.45) is 1.49. The van der Waals surface area contributed by atoms with Crippen molar-refractivity contribution in [2.75, 3.05) is 12.0 Å². The summed E-state index contributed by atoms with van der Waals surface area (Å²) in [7, 11) is 1.54. The summed E-state index contributed by atoms with van der Waals surface area (Å²) in [5.74, 6) is 1.08. The van der Waals surface area contributed by atoms with Crippen molar-refractivity contribution in [1.82, 2.24) is 5.32 Å². The van der Waals surface area contributed by atoms with Crippen LogP contribution in [0.15, 0.2) is 96.6 Å². The lowest BCUT2D eigenvalue weighted by Crippen LogP contribution is -2.54. The van der Waals surface area contributed by atoms with Crippen LogP contribution in [-0.2, 0) is 16.2 Å². The molecule has 1 saturated heterocycles. The standard InChI is InChI=1S/C31H22Cl2N2O5S/c1-38-26-15-10-19(16-20(26)18-39-27-9-5-8-25(32)28(27)33)17-24-29(36)34-31(41)35(30(24)37)21-11-13-23(14-12-21)40-22-6-3-2-4-7-22/h2-17H,18H2,1H3,(H,34,36,41)/b24-17+. The van der Waals surface area contributed by atoms with Gasteiger partial charge in [-0.05, 0) is 84.5 Å². The van der Waals surface area contributed by atoms with E-state index in [1.54, 1.807) is 60.7 Å². The second kappa shape index (κ2) is 12.4. The number of methoxy groups -OCH3 is 1. The third kappa shape index (κ3) is 6.36. The van der Waals surface area contributed by atoms with Gasteiger partial charge in [0.15, 0.2) is 5.11 Å². The van der Waals surface area contributed by atoms with Crippen LogP contribution >= 0.6 is 35.4 Å². The van der Waals surface area contributed by atoms with Gasteiger partial charge in [-0.1, -0.05) is 53.5 Å². The van der Waals surface area contributed by atoms with Crippen LogP contribution in [0.5, 0.6) is 23.0 Å². The van der Waals surface area contributed by atoms with Crippen molar-refractivity contribution in [1.29, 1.82) is 0 Å². The molecule has 4 aromatic rings. The molecule has 10 heteroatoms. The molecular weight excluding hydrogens is 583 g/mol. The third-order valence-electron chi connectivity index (χ3n) is 6.09. The molecule has 0 aromatic heterocycles. The Bertz CT molecular complexity index is 1660. The SMILES string of the molecule is COc1ccc(/C=C2\C(=O)NC(=S)N(c3ccc(Oc4ccccc4)cc3)C2=O)cc1COc1cccc(Cl)c1Cl. The molecule has 1 aliphatic rings. The highest BCUT2D eigenvalue weighted by molar-refractivity contribution is 7.80. The third-order valence-corrected chi connectivity index (χ3v) is 7.18. The Kier molecular flexibility index (Phi) is 8.54. The number of carbonyl (C=O) groups excluding carboxylic acids is 2. The number of hydrogen-bond acceptors (Lipinski definition) is 6. The van der Waals surface area contributed by atoms with Gasteiger partial charge in [-0.3, -0.25) is 19.8 Å². The van der Waals surface area contributed by atoms with Gasteiger partial charge in [0, 0.05) is 5.56 Å². The highest BCUT2D eigenvalue weighted by Crippen LogP contribution is 2.33. The first-order valence-electron chi connectivity index (χ1n) is 12.3. The second-order valence-corrected chi connectivity index (χ2v) is 9.95. The number of para-hydroxylation sites is 1. The van der Waals surface area contributed by atoms with Crippen molar-refractivity contribution in [3.05, 3.63) is 118 Å². The summed E-state index contributed by atoms with van der Waals surface area (Å²) in [5, 5.41) is 3.25.